The van der Waals surface area contributed by atoms with Crippen molar-refractivity contribution in [2.24, 2.45) is 0 Å². The van der Waals surface area contributed by atoms with E-state index in [9.17, 15) is 0 Å². The first-order valence-corrected chi connectivity index (χ1v) is 5.67. The van der Waals surface area contributed by atoms with E-state index in [1.807, 2.05) is 26.0 Å². The molecular formula is C12H13ClN4. The molecule has 2 heterocycles. The largest absolute Gasteiger partial charge is 0.378 e. The highest BCUT2D eigenvalue weighted by molar-refractivity contribution is 6.29. The molecule has 5 heteroatoms. The van der Waals surface area contributed by atoms with Gasteiger partial charge in [-0.05, 0) is 31.5 Å². The maximum Gasteiger partial charge on any atom is 0.129 e. The Bertz CT molecular complexity index is 528. The molecule has 0 radical (unpaired) electrons. The van der Waals surface area contributed by atoms with E-state index in [0.717, 1.165) is 22.8 Å². The van der Waals surface area contributed by atoms with Crippen molar-refractivity contribution in [2.75, 3.05) is 5.32 Å². The van der Waals surface area contributed by atoms with Crippen LogP contribution in [0.15, 0.2) is 24.5 Å². The van der Waals surface area contributed by atoms with Crippen LogP contribution in [0.4, 0.5) is 5.69 Å². The van der Waals surface area contributed by atoms with Gasteiger partial charge < -0.3 is 5.32 Å². The molecule has 0 aliphatic rings. The zero-order valence-corrected chi connectivity index (χ0v) is 10.5. The number of nitrogens with zero attached hydrogens (tertiary/aromatic N) is 3. The predicted molar refractivity (Wildman–Crippen MR) is 68.1 cm³/mol. The molecule has 0 bridgehead atoms. The number of pyridine rings is 1. The van der Waals surface area contributed by atoms with E-state index < -0.39 is 0 Å². The maximum absolute atomic E-state index is 5.80. The molecule has 0 aromatic carbocycles. The molecule has 17 heavy (non-hydrogen) atoms. The standard InChI is InChI=1S/C12H13ClN4/c1-8-5-12(13)16-7-11(8)15-6-10-3-4-14-9(2)17-10/h3-5,7,15H,6H2,1-2H3. The normalized spacial score (nSPS) is 10.3. The minimum atomic E-state index is 0.505. The van der Waals surface area contributed by atoms with Gasteiger partial charge in [0, 0.05) is 6.20 Å². The van der Waals surface area contributed by atoms with Crippen molar-refractivity contribution >= 4 is 17.3 Å². The monoisotopic (exact) mass is 248 g/mol. The molecule has 0 unspecified atom stereocenters. The summed E-state index contributed by atoms with van der Waals surface area (Å²) in [5.74, 6) is 0.773. The first-order chi connectivity index (χ1) is 8.15. The number of nitrogens with one attached hydrogen (secondary N) is 1. The van der Waals surface area contributed by atoms with Crippen LogP contribution in [0.25, 0.3) is 0 Å². The molecule has 0 saturated heterocycles. The molecular weight excluding hydrogens is 236 g/mol. The van der Waals surface area contributed by atoms with Crippen molar-refractivity contribution in [3.63, 3.8) is 0 Å². The highest BCUT2D eigenvalue weighted by Crippen LogP contribution is 2.17. The third kappa shape index (κ3) is 3.14. The van der Waals surface area contributed by atoms with Gasteiger partial charge in [0.25, 0.3) is 0 Å². The van der Waals surface area contributed by atoms with Crippen LogP contribution >= 0.6 is 11.6 Å². The summed E-state index contributed by atoms with van der Waals surface area (Å²) in [4.78, 5) is 12.4. The van der Waals surface area contributed by atoms with E-state index in [-0.39, 0.29) is 0 Å². The minimum absolute atomic E-state index is 0.505. The van der Waals surface area contributed by atoms with Gasteiger partial charge in [0.05, 0.1) is 24.1 Å². The summed E-state index contributed by atoms with van der Waals surface area (Å²) in [6.45, 7) is 4.51. The van der Waals surface area contributed by atoms with E-state index in [1.165, 1.54) is 0 Å². The summed E-state index contributed by atoms with van der Waals surface area (Å²) in [7, 11) is 0. The lowest BCUT2D eigenvalue weighted by atomic mass is 10.2. The van der Waals surface area contributed by atoms with E-state index in [0.29, 0.717) is 11.7 Å². The SMILES string of the molecule is Cc1nccc(CNc2cnc(Cl)cc2C)n1. The average Bonchev–Trinajstić information content (AvgIpc) is 2.28. The number of halogens is 1. The first-order valence-electron chi connectivity index (χ1n) is 5.29. The number of aromatic nitrogens is 3. The first kappa shape index (κ1) is 11.8. The molecule has 1 N–H and O–H groups in total. The Hall–Kier alpha value is -1.68. The molecule has 0 fully saturated rings. The van der Waals surface area contributed by atoms with Crippen LogP contribution in [0.3, 0.4) is 0 Å². The lowest BCUT2D eigenvalue weighted by Crippen LogP contribution is -2.04. The quantitative estimate of drug-likeness (QED) is 0.849. The molecule has 0 atom stereocenters. The summed E-state index contributed by atoms with van der Waals surface area (Å²) in [6.07, 6.45) is 3.48. The van der Waals surface area contributed by atoms with Gasteiger partial charge in [-0.25, -0.2) is 15.0 Å². The van der Waals surface area contributed by atoms with E-state index in [2.05, 4.69) is 20.3 Å². The van der Waals surface area contributed by atoms with Crippen LogP contribution in [0.2, 0.25) is 5.15 Å². The second-order valence-corrected chi connectivity index (χ2v) is 4.16. The Morgan fingerprint density at radius 2 is 2.12 bits per heavy atom. The molecule has 4 nitrogen and oxygen atoms in total. The number of anilines is 1. The Balaban J connectivity index is 2.07. The molecule has 2 aromatic rings. The summed E-state index contributed by atoms with van der Waals surface area (Å²) in [6, 6.07) is 3.72. The lowest BCUT2D eigenvalue weighted by Gasteiger charge is -2.08. The average molecular weight is 249 g/mol. The molecule has 0 aliphatic carbocycles. The van der Waals surface area contributed by atoms with E-state index >= 15 is 0 Å². The smallest absolute Gasteiger partial charge is 0.129 e. The Kier molecular flexibility index (Phi) is 3.54. The van der Waals surface area contributed by atoms with Crippen molar-refractivity contribution in [3.8, 4) is 0 Å². The minimum Gasteiger partial charge on any atom is -0.378 e. The predicted octanol–water partition coefficient (Wildman–Crippen LogP) is 2.75. The van der Waals surface area contributed by atoms with Crippen LogP contribution in [-0.4, -0.2) is 15.0 Å². The van der Waals surface area contributed by atoms with Crippen LogP contribution in [0, 0.1) is 13.8 Å². The maximum atomic E-state index is 5.80. The van der Waals surface area contributed by atoms with Gasteiger partial charge in [0.1, 0.15) is 11.0 Å². The fraction of sp³-hybridized carbons (Fsp3) is 0.250. The molecule has 0 aliphatic heterocycles. The molecule has 0 saturated carbocycles. The molecule has 88 valence electrons. The van der Waals surface area contributed by atoms with E-state index in [4.69, 9.17) is 11.6 Å². The molecule has 0 spiro atoms. The van der Waals surface area contributed by atoms with Crippen molar-refractivity contribution in [2.45, 2.75) is 20.4 Å². The molecule has 0 amide bonds. The number of aryl methyl sites for hydroxylation is 2. The van der Waals surface area contributed by atoms with Crippen molar-refractivity contribution in [1.82, 2.24) is 15.0 Å². The highest BCUT2D eigenvalue weighted by atomic mass is 35.5. The Morgan fingerprint density at radius 1 is 1.29 bits per heavy atom. The fourth-order valence-electron chi connectivity index (χ4n) is 1.50. The Labute approximate surface area is 105 Å². The topological polar surface area (TPSA) is 50.7 Å². The number of rotatable bonds is 3. The van der Waals surface area contributed by atoms with Crippen molar-refractivity contribution < 1.29 is 0 Å². The van der Waals surface area contributed by atoms with E-state index in [1.54, 1.807) is 12.4 Å². The third-order valence-electron chi connectivity index (χ3n) is 2.37. The lowest BCUT2D eigenvalue weighted by molar-refractivity contribution is 0.953. The zero-order chi connectivity index (χ0) is 12.3. The van der Waals surface area contributed by atoms with Gasteiger partial charge >= 0.3 is 0 Å². The third-order valence-corrected chi connectivity index (χ3v) is 2.58. The highest BCUT2D eigenvalue weighted by Gasteiger charge is 2.01. The second kappa shape index (κ2) is 5.10. The summed E-state index contributed by atoms with van der Waals surface area (Å²) < 4.78 is 0. The van der Waals surface area contributed by atoms with Gasteiger partial charge in [-0.2, -0.15) is 0 Å². The van der Waals surface area contributed by atoms with Gasteiger partial charge in [-0.3, -0.25) is 0 Å². The molecule has 2 rings (SSSR count). The fourth-order valence-corrected chi connectivity index (χ4v) is 1.71. The number of hydrogen-bond acceptors (Lipinski definition) is 4. The van der Waals surface area contributed by atoms with Crippen molar-refractivity contribution in [3.05, 3.63) is 46.8 Å². The van der Waals surface area contributed by atoms with Crippen molar-refractivity contribution in [1.29, 1.82) is 0 Å². The Morgan fingerprint density at radius 3 is 2.82 bits per heavy atom. The van der Waals surface area contributed by atoms with Crippen LogP contribution in [0.1, 0.15) is 17.1 Å². The van der Waals surface area contributed by atoms with Gasteiger partial charge in [-0.1, -0.05) is 11.6 Å². The van der Waals surface area contributed by atoms with Gasteiger partial charge in [0.15, 0.2) is 0 Å². The summed E-state index contributed by atoms with van der Waals surface area (Å²) >= 11 is 5.80. The van der Waals surface area contributed by atoms with Crippen LogP contribution < -0.4 is 5.32 Å². The van der Waals surface area contributed by atoms with Crippen LogP contribution in [0.5, 0.6) is 0 Å². The second-order valence-electron chi connectivity index (χ2n) is 3.77. The van der Waals surface area contributed by atoms with Gasteiger partial charge in [-0.15, -0.1) is 0 Å². The summed E-state index contributed by atoms with van der Waals surface area (Å²) in [5, 5.41) is 3.78. The van der Waals surface area contributed by atoms with Crippen LogP contribution in [-0.2, 0) is 6.54 Å². The van der Waals surface area contributed by atoms with Gasteiger partial charge in [0.2, 0.25) is 0 Å². The molecule has 2 aromatic heterocycles. The summed E-state index contributed by atoms with van der Waals surface area (Å²) in [5.41, 5.74) is 2.98. The number of hydrogen-bond donors (Lipinski definition) is 1. The zero-order valence-electron chi connectivity index (χ0n) is 9.74.